The number of methoxy groups -OCH3 is 1. The van der Waals surface area contributed by atoms with Crippen molar-refractivity contribution in [3.8, 4) is 5.75 Å². The standard InChI is InChI=1S/C13H17NO3S/c1-9(15)7-14-12(16)8-18-13(14)10-5-3-4-6-11(10)17-2/h3-6,9,13,15H,7-8H2,1-2H3/t9-,13+/m0/s1. The summed E-state index contributed by atoms with van der Waals surface area (Å²) in [4.78, 5) is 13.6. The second kappa shape index (κ2) is 5.63. The summed E-state index contributed by atoms with van der Waals surface area (Å²) in [6.45, 7) is 2.05. The lowest BCUT2D eigenvalue weighted by atomic mass is 10.1. The van der Waals surface area contributed by atoms with Crippen molar-refractivity contribution in [1.29, 1.82) is 0 Å². The third-order valence-electron chi connectivity index (χ3n) is 2.83. The van der Waals surface area contributed by atoms with Crippen molar-refractivity contribution in [2.45, 2.75) is 18.4 Å². The van der Waals surface area contributed by atoms with Crippen LogP contribution in [-0.4, -0.2) is 41.4 Å². The molecule has 1 aromatic carbocycles. The zero-order valence-corrected chi connectivity index (χ0v) is 11.3. The van der Waals surface area contributed by atoms with Crippen molar-refractivity contribution in [1.82, 2.24) is 4.90 Å². The molecule has 2 atom stereocenters. The highest BCUT2D eigenvalue weighted by atomic mass is 32.2. The first-order valence-electron chi connectivity index (χ1n) is 5.85. The summed E-state index contributed by atoms with van der Waals surface area (Å²) in [6.07, 6.45) is -0.523. The fourth-order valence-electron chi connectivity index (χ4n) is 2.06. The van der Waals surface area contributed by atoms with E-state index in [1.807, 2.05) is 24.3 Å². The molecule has 0 radical (unpaired) electrons. The molecule has 2 rings (SSSR count). The normalized spacial score (nSPS) is 21.2. The Labute approximate surface area is 111 Å². The lowest BCUT2D eigenvalue weighted by Crippen LogP contribution is -2.34. The van der Waals surface area contributed by atoms with E-state index in [2.05, 4.69) is 0 Å². The molecule has 1 aliphatic heterocycles. The molecule has 1 aliphatic rings. The van der Waals surface area contributed by atoms with Crippen molar-refractivity contribution in [2.75, 3.05) is 19.4 Å². The molecule has 5 heteroatoms. The van der Waals surface area contributed by atoms with Crippen LogP contribution < -0.4 is 4.74 Å². The Hall–Kier alpha value is -1.20. The molecule has 0 unspecified atom stereocenters. The lowest BCUT2D eigenvalue weighted by Gasteiger charge is -2.26. The first kappa shape index (κ1) is 13.2. The van der Waals surface area contributed by atoms with E-state index in [0.29, 0.717) is 12.3 Å². The van der Waals surface area contributed by atoms with Crippen LogP contribution in [0.15, 0.2) is 24.3 Å². The first-order valence-corrected chi connectivity index (χ1v) is 6.90. The Bertz CT molecular complexity index is 436. The van der Waals surface area contributed by atoms with E-state index in [0.717, 1.165) is 11.3 Å². The molecule has 1 aromatic rings. The number of β-amino-alcohol motifs (C(OH)–C–C–N with tert-alkyl or cyclic N) is 1. The van der Waals surface area contributed by atoms with Gasteiger partial charge in [-0.2, -0.15) is 0 Å². The van der Waals surface area contributed by atoms with Crippen molar-refractivity contribution in [3.05, 3.63) is 29.8 Å². The van der Waals surface area contributed by atoms with Gasteiger partial charge in [-0.3, -0.25) is 4.79 Å². The van der Waals surface area contributed by atoms with E-state index in [4.69, 9.17) is 4.74 Å². The Morgan fingerprint density at radius 1 is 1.56 bits per heavy atom. The van der Waals surface area contributed by atoms with Crippen LogP contribution in [0.3, 0.4) is 0 Å². The fourth-order valence-corrected chi connectivity index (χ4v) is 3.29. The number of aliphatic hydroxyl groups is 1. The number of carbonyl (C=O) groups is 1. The molecule has 1 fully saturated rings. The van der Waals surface area contributed by atoms with Gasteiger partial charge in [0, 0.05) is 12.1 Å². The highest BCUT2D eigenvalue weighted by Gasteiger charge is 2.34. The average Bonchev–Trinajstić information content (AvgIpc) is 2.70. The molecule has 0 aromatic heterocycles. The molecule has 0 saturated carbocycles. The van der Waals surface area contributed by atoms with Crippen LogP contribution in [0, 0.1) is 0 Å². The number of carbonyl (C=O) groups excluding carboxylic acids is 1. The summed E-state index contributed by atoms with van der Waals surface area (Å²) in [5.41, 5.74) is 0.983. The van der Waals surface area contributed by atoms with Gasteiger partial charge in [-0.25, -0.2) is 0 Å². The van der Waals surface area contributed by atoms with Crippen LogP contribution in [0.5, 0.6) is 5.75 Å². The molecule has 1 saturated heterocycles. The SMILES string of the molecule is COc1ccccc1[C@H]1SCC(=O)N1C[C@H](C)O. The Morgan fingerprint density at radius 3 is 2.94 bits per heavy atom. The number of rotatable bonds is 4. The summed E-state index contributed by atoms with van der Waals surface area (Å²) in [5.74, 6) is 1.30. The third-order valence-corrected chi connectivity index (χ3v) is 4.07. The Balaban J connectivity index is 2.28. The second-order valence-electron chi connectivity index (χ2n) is 4.30. The first-order chi connectivity index (χ1) is 8.63. The van der Waals surface area contributed by atoms with E-state index in [9.17, 15) is 9.90 Å². The molecular formula is C13H17NO3S. The van der Waals surface area contributed by atoms with Gasteiger partial charge in [-0.05, 0) is 13.0 Å². The largest absolute Gasteiger partial charge is 0.496 e. The van der Waals surface area contributed by atoms with E-state index in [1.165, 1.54) is 0 Å². The maximum Gasteiger partial charge on any atom is 0.233 e. The smallest absolute Gasteiger partial charge is 0.233 e. The van der Waals surface area contributed by atoms with Gasteiger partial charge in [0.05, 0.1) is 19.0 Å². The molecule has 1 amide bonds. The van der Waals surface area contributed by atoms with Crippen molar-refractivity contribution >= 4 is 17.7 Å². The summed E-state index contributed by atoms with van der Waals surface area (Å²) in [7, 11) is 1.62. The zero-order chi connectivity index (χ0) is 13.1. The number of hydrogen-bond acceptors (Lipinski definition) is 4. The highest BCUT2D eigenvalue weighted by Crippen LogP contribution is 2.42. The second-order valence-corrected chi connectivity index (χ2v) is 5.37. The summed E-state index contributed by atoms with van der Waals surface area (Å²) in [6, 6.07) is 7.69. The predicted octanol–water partition coefficient (Wildman–Crippen LogP) is 1.65. The minimum Gasteiger partial charge on any atom is -0.496 e. The van der Waals surface area contributed by atoms with Gasteiger partial charge in [0.15, 0.2) is 0 Å². The van der Waals surface area contributed by atoms with Crippen molar-refractivity contribution < 1.29 is 14.6 Å². The van der Waals surface area contributed by atoms with Crippen LogP contribution in [0.25, 0.3) is 0 Å². The third kappa shape index (κ3) is 2.62. The van der Waals surface area contributed by atoms with Gasteiger partial charge in [-0.1, -0.05) is 18.2 Å². The minimum atomic E-state index is -0.523. The van der Waals surface area contributed by atoms with Gasteiger partial charge in [0.1, 0.15) is 11.1 Å². The van der Waals surface area contributed by atoms with Crippen molar-refractivity contribution in [2.24, 2.45) is 0 Å². The molecule has 0 bridgehead atoms. The maximum atomic E-state index is 11.8. The number of ether oxygens (including phenoxy) is 1. The minimum absolute atomic E-state index is 0.0664. The van der Waals surface area contributed by atoms with E-state index in [-0.39, 0.29) is 11.3 Å². The molecule has 1 heterocycles. The van der Waals surface area contributed by atoms with Gasteiger partial charge in [0.2, 0.25) is 5.91 Å². The Kier molecular flexibility index (Phi) is 4.14. The van der Waals surface area contributed by atoms with Crippen LogP contribution in [0.2, 0.25) is 0 Å². The molecule has 4 nitrogen and oxygen atoms in total. The summed E-state index contributed by atoms with van der Waals surface area (Å²) in [5, 5.41) is 9.42. The lowest BCUT2D eigenvalue weighted by molar-refractivity contribution is -0.129. The number of nitrogens with zero attached hydrogens (tertiary/aromatic N) is 1. The average molecular weight is 267 g/mol. The van der Waals surface area contributed by atoms with Crippen LogP contribution in [-0.2, 0) is 4.79 Å². The molecule has 98 valence electrons. The monoisotopic (exact) mass is 267 g/mol. The number of aliphatic hydroxyl groups excluding tert-OH is 1. The van der Waals surface area contributed by atoms with Crippen molar-refractivity contribution in [3.63, 3.8) is 0 Å². The van der Waals surface area contributed by atoms with Gasteiger partial charge < -0.3 is 14.7 Å². The van der Waals surface area contributed by atoms with Crippen LogP contribution in [0.4, 0.5) is 0 Å². The molecule has 0 spiro atoms. The topological polar surface area (TPSA) is 49.8 Å². The van der Waals surface area contributed by atoms with E-state index < -0.39 is 6.10 Å². The van der Waals surface area contributed by atoms with E-state index in [1.54, 1.807) is 30.7 Å². The van der Waals surface area contributed by atoms with Crippen LogP contribution in [0.1, 0.15) is 17.9 Å². The number of amides is 1. The maximum absolute atomic E-state index is 11.8. The fraction of sp³-hybridized carbons (Fsp3) is 0.462. The van der Waals surface area contributed by atoms with Gasteiger partial charge >= 0.3 is 0 Å². The number of hydrogen-bond donors (Lipinski definition) is 1. The number of para-hydroxylation sites is 1. The van der Waals surface area contributed by atoms with Gasteiger partial charge in [-0.15, -0.1) is 11.8 Å². The highest BCUT2D eigenvalue weighted by molar-refractivity contribution is 8.00. The van der Waals surface area contributed by atoms with Gasteiger partial charge in [0.25, 0.3) is 0 Å². The summed E-state index contributed by atoms with van der Waals surface area (Å²) >= 11 is 1.57. The molecular weight excluding hydrogens is 250 g/mol. The molecule has 0 aliphatic carbocycles. The van der Waals surface area contributed by atoms with E-state index >= 15 is 0 Å². The quantitative estimate of drug-likeness (QED) is 0.901. The van der Waals surface area contributed by atoms with Crippen LogP contribution >= 0.6 is 11.8 Å². The molecule has 18 heavy (non-hydrogen) atoms. The predicted molar refractivity (Wildman–Crippen MR) is 71.6 cm³/mol. The number of benzene rings is 1. The molecule has 1 N–H and O–H groups in total. The Morgan fingerprint density at radius 2 is 2.28 bits per heavy atom. The summed E-state index contributed by atoms with van der Waals surface area (Å²) < 4.78 is 5.33. The number of thioether (sulfide) groups is 1. The zero-order valence-electron chi connectivity index (χ0n) is 10.5.